The minimum absolute atomic E-state index is 0.0117. The number of allylic oxidation sites excluding steroid dienone is 3. The average molecular weight is 1250 g/mol. The quantitative estimate of drug-likeness (QED) is 0.0316. The number of esters is 1. The zero-order valence-electron chi connectivity index (χ0n) is 49.7. The number of ketones is 1. The van der Waals surface area contributed by atoms with Crippen molar-refractivity contribution in [2.75, 3.05) is 37.0 Å². The van der Waals surface area contributed by atoms with Gasteiger partial charge in [-0.1, -0.05) is 39.0 Å². The number of fused-ring (bicyclic) bond motifs is 5. The second-order valence-corrected chi connectivity index (χ2v) is 22.8. The summed E-state index contributed by atoms with van der Waals surface area (Å²) in [5, 5.41) is 38.9. The molecule has 5 fully saturated rings. The number of aliphatic hydroxyl groups excluding tert-OH is 4. The number of nitrogens with one attached hydrogen (secondary N) is 3. The number of imidazole rings is 3. The number of H-pyrrole nitrogens is 3. The minimum Gasteiger partial charge on any atom is -0.463 e. The van der Waals surface area contributed by atoms with Gasteiger partial charge in [0.05, 0.1) is 19.1 Å². The van der Waals surface area contributed by atoms with Gasteiger partial charge >= 0.3 is 23.0 Å². The van der Waals surface area contributed by atoms with E-state index in [1.54, 1.807) is 34.6 Å². The van der Waals surface area contributed by atoms with Crippen LogP contribution in [0.2, 0.25) is 0 Å². The van der Waals surface area contributed by atoms with E-state index < -0.39 is 137 Å². The maximum atomic E-state index is 13.5. The van der Waals surface area contributed by atoms with Crippen LogP contribution >= 0.6 is 0 Å². The number of nitrogen functional groups attached to an aromatic ring is 3. The molecule has 6 aromatic rings. The molecule has 35 heteroatoms. The molecule has 5 aliphatic rings. The van der Waals surface area contributed by atoms with Crippen LogP contribution in [-0.2, 0) is 67.1 Å². The lowest BCUT2D eigenvalue weighted by atomic mass is 9.90. The molecular formula is C54H73N15O20. The molecule has 13 N–H and O–H groups in total. The lowest BCUT2D eigenvalue weighted by Crippen LogP contribution is -2.36. The fraction of sp³-hybridized carbons (Fsp3) is 0.574. The summed E-state index contributed by atoms with van der Waals surface area (Å²) in [4.78, 5) is 121. The molecule has 5 aliphatic heterocycles. The fourth-order valence-electron chi connectivity index (χ4n) is 11.5. The summed E-state index contributed by atoms with van der Waals surface area (Å²) in [6.07, 6.45) is -6.66. The summed E-state index contributed by atoms with van der Waals surface area (Å²) >= 11 is 0. The van der Waals surface area contributed by atoms with Gasteiger partial charge in [-0.3, -0.25) is 52.6 Å². The fourth-order valence-corrected chi connectivity index (χ4v) is 11.5. The molecule has 13 atom stereocenters. The van der Waals surface area contributed by atoms with Crippen molar-refractivity contribution in [2.45, 2.75) is 166 Å². The Morgan fingerprint density at radius 3 is 1.31 bits per heavy atom. The number of hydrogen-bond donors (Lipinski definition) is 10. The summed E-state index contributed by atoms with van der Waals surface area (Å²) in [5.41, 5.74) is 13.4. The summed E-state index contributed by atoms with van der Waals surface area (Å²) in [6, 6.07) is 0. The first-order valence-electron chi connectivity index (χ1n) is 28.3. The van der Waals surface area contributed by atoms with E-state index in [4.69, 9.17) is 55.1 Å². The normalized spacial score (nSPS) is 26.8. The van der Waals surface area contributed by atoms with Crippen molar-refractivity contribution in [1.29, 1.82) is 0 Å². The molecule has 11 rings (SSSR count). The van der Waals surface area contributed by atoms with Gasteiger partial charge in [-0.05, 0) is 33.6 Å². The molecule has 11 heterocycles. The number of aromatic amines is 3. The zero-order valence-corrected chi connectivity index (χ0v) is 49.7. The van der Waals surface area contributed by atoms with Crippen LogP contribution in [0.15, 0.2) is 66.7 Å². The number of carbonyl (C=O) groups excluding carboxylic acids is 2. The number of aromatic nitrogens is 12. The van der Waals surface area contributed by atoms with Crippen LogP contribution in [0, 0.1) is 11.8 Å². The van der Waals surface area contributed by atoms with E-state index in [-0.39, 0.29) is 102 Å². The third kappa shape index (κ3) is 12.1. The van der Waals surface area contributed by atoms with Crippen LogP contribution < -0.4 is 50.9 Å². The second-order valence-electron chi connectivity index (χ2n) is 22.8. The highest BCUT2D eigenvalue weighted by atomic mass is 16.8. The SMILES string of the molecule is C=CCn1c(=O)n([C@@H]2O[C@H](CO)[C@@H](O)[C@H]2O)c2nc(N)[nH]c(=O)c21.C=CCn1c(=O)n([C@@H]2O[C@H](CO)[C@H]3OC(C)(C)OC23)c2nc(N)[nH]c(=O)c21.C=CCn1c(=O)n([C@@H]2O[C@H](COC(=O)[C@@H](CC(=O)CC)C(C)C)[C@H]3OC(C)(C)OC23)c2nc(N)[nH]c(=O)c21. The molecule has 0 saturated carbocycles. The number of aliphatic hydroxyl groups is 4. The maximum absolute atomic E-state index is 13.5. The Kier molecular flexibility index (Phi) is 18.6. The molecule has 89 heavy (non-hydrogen) atoms. The number of Topliss-reactive ketones (excluding diaryl/α,β-unsaturated/α-hetero) is 1. The molecule has 35 nitrogen and oxygen atoms in total. The average Bonchev–Trinajstić information content (AvgIpc) is 1.60. The van der Waals surface area contributed by atoms with E-state index >= 15 is 0 Å². The van der Waals surface area contributed by atoms with Gasteiger partial charge in [0, 0.05) is 32.5 Å². The lowest BCUT2D eigenvalue weighted by Gasteiger charge is -2.25. The molecule has 0 amide bonds. The highest BCUT2D eigenvalue weighted by Crippen LogP contribution is 2.45. The Labute approximate surface area is 502 Å². The molecule has 0 spiro atoms. The first-order valence-corrected chi connectivity index (χ1v) is 28.3. The van der Waals surface area contributed by atoms with E-state index in [9.17, 15) is 58.8 Å². The highest BCUT2D eigenvalue weighted by molar-refractivity contribution is 5.84. The monoisotopic (exact) mass is 1250 g/mol. The van der Waals surface area contributed by atoms with Gasteiger partial charge in [0.25, 0.3) is 16.7 Å². The lowest BCUT2D eigenvalue weighted by molar-refractivity contribution is -0.203. The van der Waals surface area contributed by atoms with Gasteiger partial charge in [0.2, 0.25) is 17.8 Å². The van der Waals surface area contributed by atoms with Crippen molar-refractivity contribution in [3.63, 3.8) is 0 Å². The number of nitrogens with two attached hydrogens (primary N) is 3. The first-order chi connectivity index (χ1) is 42.0. The van der Waals surface area contributed by atoms with Crippen molar-refractivity contribution in [3.8, 4) is 0 Å². The molecule has 0 aromatic carbocycles. The van der Waals surface area contributed by atoms with Crippen molar-refractivity contribution in [3.05, 3.63) is 100 Å². The Balaban J connectivity index is 0.000000164. The van der Waals surface area contributed by atoms with Crippen LogP contribution in [0.4, 0.5) is 17.8 Å². The Bertz CT molecular complexity index is 4090. The summed E-state index contributed by atoms with van der Waals surface area (Å²) in [7, 11) is 0. The second kappa shape index (κ2) is 25.3. The number of hydrogen-bond acceptors (Lipinski definition) is 26. The van der Waals surface area contributed by atoms with Gasteiger partial charge in [0.15, 0.2) is 63.7 Å². The smallest absolute Gasteiger partial charge is 0.333 e. The summed E-state index contributed by atoms with van der Waals surface area (Å²) < 4.78 is 53.8. The van der Waals surface area contributed by atoms with E-state index in [1.165, 1.54) is 36.5 Å². The minimum atomic E-state index is -1.50. The predicted molar refractivity (Wildman–Crippen MR) is 312 cm³/mol. The molecule has 2 unspecified atom stereocenters. The van der Waals surface area contributed by atoms with Crippen molar-refractivity contribution in [2.24, 2.45) is 11.8 Å². The first kappa shape index (κ1) is 65.2. The number of nitrogens with zero attached hydrogens (tertiary/aromatic N) is 9. The van der Waals surface area contributed by atoms with E-state index in [1.807, 2.05) is 13.8 Å². The topological polar surface area (TPSA) is 485 Å². The Morgan fingerprint density at radius 2 is 0.955 bits per heavy atom. The molecule has 0 aliphatic carbocycles. The van der Waals surface area contributed by atoms with Gasteiger partial charge < -0.3 is 75.5 Å². The molecule has 0 radical (unpaired) electrons. The van der Waals surface area contributed by atoms with Crippen LogP contribution in [0.5, 0.6) is 0 Å². The van der Waals surface area contributed by atoms with E-state index in [0.717, 1.165) is 9.13 Å². The zero-order chi connectivity index (χ0) is 65.0. The number of carbonyl (C=O) groups is 2. The van der Waals surface area contributed by atoms with Crippen molar-refractivity contribution < 1.29 is 67.9 Å². The van der Waals surface area contributed by atoms with Gasteiger partial charge in [-0.15, -0.1) is 19.7 Å². The molecule has 6 aromatic heterocycles. The largest absolute Gasteiger partial charge is 0.463 e. The number of rotatable bonds is 18. The van der Waals surface area contributed by atoms with Crippen LogP contribution in [-0.4, -0.2) is 176 Å². The number of anilines is 3. The van der Waals surface area contributed by atoms with Gasteiger partial charge in [-0.25, -0.2) is 28.1 Å². The maximum Gasteiger partial charge on any atom is 0.333 e. The molecular weight excluding hydrogens is 1180 g/mol. The summed E-state index contributed by atoms with van der Waals surface area (Å²) in [5.74, 6) is -3.66. The van der Waals surface area contributed by atoms with Crippen LogP contribution in [0.1, 0.15) is 80.0 Å². The van der Waals surface area contributed by atoms with Crippen molar-refractivity contribution in [1.82, 2.24) is 57.3 Å². The van der Waals surface area contributed by atoms with Crippen LogP contribution in [0.25, 0.3) is 33.5 Å². The third-order valence-electron chi connectivity index (χ3n) is 15.5. The molecule has 484 valence electrons. The van der Waals surface area contributed by atoms with Gasteiger partial charge in [-0.2, -0.15) is 15.0 Å². The van der Waals surface area contributed by atoms with Crippen molar-refractivity contribution >= 4 is 63.1 Å². The molecule has 5 saturated heterocycles. The van der Waals surface area contributed by atoms with Gasteiger partial charge in [0.1, 0.15) is 67.3 Å². The third-order valence-corrected chi connectivity index (χ3v) is 15.5. The summed E-state index contributed by atoms with van der Waals surface area (Å²) in [6.45, 7) is 22.3. The standard InChI is InChI=1S/C25H35N5O8.C16H21N5O6.C13H17N5O6/c1-7-9-29-16-19(27-23(26)28-20(16)32)30(24(29)34)21-18-17(37-25(5,6)38-18)15(36-21)11-35-22(33)14(12(3)4)10-13(31)8-2;1-4-5-20-8-11(18-14(17)19-12(8)23)21(15(20)24)13-10-9(7(6-22)25-13)26-16(2,3)27-10;1-2-3-17-6-9(15-12(14)16-10(6)22)18(13(17)23)11-8(21)7(20)5(4-19)24-11/h7,12,14-15,17-18,21H,1,8-11H2,2-6H3,(H3,26,27,28,32);4,7,9-10,13,22H,1,5-6H2,2-3H3,(H3,17,18,19,23);2,5,7-8,11,19-21H,1,3-4H2,(H3,14,15,16,22)/t14-,15+,17+,18?,21+;7-,9-,10?,13-;5-,7-,8-,11-/m011/s1. The van der Waals surface area contributed by atoms with E-state index in [0.29, 0.717) is 6.42 Å². The molecule has 0 bridgehead atoms. The number of ether oxygens (including phenoxy) is 8. The predicted octanol–water partition coefficient (Wildman–Crippen LogP) is -2.41. The Morgan fingerprint density at radius 1 is 0.596 bits per heavy atom. The van der Waals surface area contributed by atoms with Crippen LogP contribution in [0.3, 0.4) is 0 Å². The highest BCUT2D eigenvalue weighted by Gasteiger charge is 2.58. The van der Waals surface area contributed by atoms with E-state index in [2.05, 4.69) is 49.6 Å². The Hall–Kier alpha value is -8.23.